The van der Waals surface area contributed by atoms with Crippen LogP contribution < -0.4 is 14.2 Å². The van der Waals surface area contributed by atoms with Gasteiger partial charge >= 0.3 is 12.3 Å². The molecule has 1 N–H and O–H groups in total. The fraction of sp³-hybridized carbons (Fsp3) is 0.605. The lowest BCUT2D eigenvalue weighted by atomic mass is 9.77. The maximum absolute atomic E-state index is 14.5. The number of benzene rings is 1. The van der Waals surface area contributed by atoms with Crippen molar-refractivity contribution >= 4 is 44.4 Å². The lowest BCUT2D eigenvalue weighted by Gasteiger charge is -2.34. The van der Waals surface area contributed by atoms with Crippen LogP contribution in [0.4, 0.5) is 13.2 Å². The van der Waals surface area contributed by atoms with Gasteiger partial charge in [-0.15, -0.1) is 19.8 Å². The number of sulfonamides is 1. The maximum atomic E-state index is 14.5. The molecule has 2 aliphatic heterocycles. The number of carbonyl (C=O) groups excluding carboxylic acids is 4. The molecule has 2 saturated carbocycles. The number of nitrogens with zero attached hydrogens (tertiary/aromatic N) is 2. The van der Waals surface area contributed by atoms with Crippen LogP contribution in [0.5, 0.6) is 11.6 Å². The summed E-state index contributed by atoms with van der Waals surface area (Å²) >= 11 is 0. The lowest BCUT2D eigenvalue weighted by molar-refractivity contribution is -0.274. The molecule has 6 rings (SSSR count). The van der Waals surface area contributed by atoms with E-state index in [0.717, 1.165) is 0 Å². The summed E-state index contributed by atoms with van der Waals surface area (Å²) in [6.07, 6.45) is -0.616. The van der Waals surface area contributed by atoms with Crippen LogP contribution in [0.2, 0.25) is 0 Å². The number of carbonyl (C=O) groups is 4. The molecule has 16 heteroatoms. The summed E-state index contributed by atoms with van der Waals surface area (Å²) in [5.41, 5.74) is -1.60. The van der Waals surface area contributed by atoms with Crippen molar-refractivity contribution < 1.29 is 55.0 Å². The van der Waals surface area contributed by atoms with E-state index in [1.807, 2.05) is 0 Å². The van der Waals surface area contributed by atoms with Crippen molar-refractivity contribution in [2.24, 2.45) is 22.7 Å². The highest BCUT2D eigenvalue weighted by Crippen LogP contribution is 2.57. The first-order valence-electron chi connectivity index (χ1n) is 18.3. The average molecular weight is 778 g/mol. The Labute approximate surface area is 312 Å². The molecule has 2 amide bonds. The van der Waals surface area contributed by atoms with Crippen molar-refractivity contribution in [1.29, 1.82) is 0 Å². The Balaban J connectivity index is 1.36. The first kappa shape index (κ1) is 39.5. The zero-order chi connectivity index (χ0) is 39.2. The number of esters is 1. The molecule has 294 valence electrons. The minimum absolute atomic E-state index is 0.0148. The van der Waals surface area contributed by atoms with E-state index in [1.54, 1.807) is 26.8 Å². The minimum atomic E-state index is -4.97. The van der Waals surface area contributed by atoms with E-state index in [4.69, 9.17) is 9.47 Å². The lowest BCUT2D eigenvalue weighted by Crippen LogP contribution is -2.48. The number of rotatable bonds is 8. The van der Waals surface area contributed by atoms with Crippen LogP contribution in [0.15, 0.2) is 37.1 Å². The highest BCUT2D eigenvalue weighted by molar-refractivity contribution is 7.90. The Hall–Kier alpha value is -4.21. The predicted octanol–water partition coefficient (Wildman–Crippen LogP) is 5.56. The van der Waals surface area contributed by atoms with Gasteiger partial charge in [-0.05, 0) is 80.0 Å². The summed E-state index contributed by atoms with van der Waals surface area (Å²) in [6.45, 7) is 9.11. The Kier molecular flexibility index (Phi) is 10.8. The van der Waals surface area contributed by atoms with Crippen LogP contribution in [0, 0.1) is 22.7 Å². The van der Waals surface area contributed by atoms with Crippen molar-refractivity contribution in [3.8, 4) is 11.6 Å². The van der Waals surface area contributed by atoms with E-state index in [0.29, 0.717) is 44.1 Å². The second-order valence-electron chi connectivity index (χ2n) is 16.0. The number of aryl methyl sites for hydroxylation is 1. The number of aromatic nitrogens is 1. The van der Waals surface area contributed by atoms with Gasteiger partial charge in [0.1, 0.15) is 11.9 Å². The third kappa shape index (κ3) is 8.68. The Morgan fingerprint density at radius 2 is 1.87 bits per heavy atom. The van der Waals surface area contributed by atoms with Crippen LogP contribution in [0.1, 0.15) is 84.1 Å². The summed E-state index contributed by atoms with van der Waals surface area (Å²) in [5, 5.41) is -0.305. The van der Waals surface area contributed by atoms with Crippen LogP contribution in [-0.4, -0.2) is 78.8 Å². The molecule has 4 bridgehead atoms. The van der Waals surface area contributed by atoms with Crippen LogP contribution in [0.3, 0.4) is 0 Å². The van der Waals surface area contributed by atoms with Crippen molar-refractivity contribution in [3.63, 3.8) is 0 Å². The average Bonchev–Trinajstić information content (AvgIpc) is 4.00. The third-order valence-corrected chi connectivity index (χ3v) is 12.8. The van der Waals surface area contributed by atoms with E-state index in [9.17, 15) is 40.8 Å². The molecule has 5 atom stereocenters. The van der Waals surface area contributed by atoms with E-state index >= 15 is 0 Å². The van der Waals surface area contributed by atoms with Gasteiger partial charge in [-0.3, -0.25) is 23.9 Å². The van der Waals surface area contributed by atoms with Crippen molar-refractivity contribution in [1.82, 2.24) is 14.6 Å². The second kappa shape index (κ2) is 14.8. The molecule has 1 aromatic carbocycles. The number of pyridine rings is 1. The van der Waals surface area contributed by atoms with E-state index in [-0.39, 0.29) is 55.5 Å². The second-order valence-corrected chi connectivity index (χ2v) is 18.0. The molecular weight excluding hydrogens is 731 g/mol. The molecule has 2 aliphatic carbocycles. The van der Waals surface area contributed by atoms with Crippen molar-refractivity contribution in [3.05, 3.63) is 42.6 Å². The van der Waals surface area contributed by atoms with Gasteiger partial charge in [-0.2, -0.15) is 0 Å². The monoisotopic (exact) mass is 777 g/mol. The summed E-state index contributed by atoms with van der Waals surface area (Å²) < 4.78 is 84.5. The van der Waals surface area contributed by atoms with Crippen molar-refractivity contribution in [2.75, 3.05) is 13.2 Å². The van der Waals surface area contributed by atoms with Crippen LogP contribution >= 0.6 is 0 Å². The van der Waals surface area contributed by atoms with Gasteiger partial charge in [0.25, 0.3) is 0 Å². The van der Waals surface area contributed by atoms with E-state index in [1.165, 1.54) is 29.3 Å². The summed E-state index contributed by atoms with van der Waals surface area (Å²) in [7, 11) is -3.91. The number of fused-ring (bicyclic) bond motifs is 3. The standard InChI is InChI=1S/C38H46F3N3O9S/c1-5-23-19-37(23,35(48)43-54(49,50)25-10-11-25)20-30(45)29-17-24-21-44(29)34(47)28(36(2,3)4)18-32(46)51-14-8-6-7-9-22-15-27-26(12-13-42-33(27)52-24)31(16-22)53-38(39,40)41/h5,12-13,15-16,23-25,28-29H,1,6-11,14,17-21H2,2-4H3,(H,43,48)/t23-,24-,28-,29+,37-/m1/s1. The number of amides is 2. The van der Waals surface area contributed by atoms with Crippen molar-refractivity contribution in [2.45, 2.75) is 109 Å². The molecular formula is C38H46F3N3O9S. The van der Waals surface area contributed by atoms with Gasteiger partial charge in [0.05, 0.1) is 42.2 Å². The van der Waals surface area contributed by atoms with E-state index < -0.39 is 85.8 Å². The number of alkyl halides is 3. The molecule has 4 aliphatic rings. The van der Waals surface area contributed by atoms with E-state index in [2.05, 4.69) is 21.0 Å². The number of allylic oxidation sites excluding steroid dienone is 1. The number of hydrogen-bond donors (Lipinski definition) is 1. The van der Waals surface area contributed by atoms with Gasteiger partial charge in [0, 0.05) is 29.8 Å². The fourth-order valence-corrected chi connectivity index (χ4v) is 9.00. The summed E-state index contributed by atoms with van der Waals surface area (Å²) in [6, 6.07) is 3.25. The number of Topliss-reactive ketones (excluding diaryl/α,β-unsaturated/α-hetero) is 1. The molecule has 54 heavy (non-hydrogen) atoms. The number of cyclic esters (lactones) is 1. The normalized spacial score (nSPS) is 27.0. The molecule has 0 unspecified atom stereocenters. The number of ketones is 1. The van der Waals surface area contributed by atoms with Gasteiger partial charge in [0.15, 0.2) is 5.78 Å². The molecule has 0 spiro atoms. The summed E-state index contributed by atoms with van der Waals surface area (Å²) in [5.74, 6) is -4.23. The number of nitrogens with one attached hydrogen (secondary N) is 1. The quantitative estimate of drug-likeness (QED) is 0.266. The predicted molar refractivity (Wildman–Crippen MR) is 189 cm³/mol. The Bertz CT molecular complexity index is 1940. The number of hydrogen-bond acceptors (Lipinski definition) is 10. The molecule has 1 aromatic heterocycles. The Morgan fingerprint density at radius 3 is 2.52 bits per heavy atom. The molecule has 2 aromatic rings. The minimum Gasteiger partial charge on any atom is -0.472 e. The topological polar surface area (TPSA) is 158 Å². The zero-order valence-electron chi connectivity index (χ0n) is 30.6. The molecule has 12 nitrogen and oxygen atoms in total. The van der Waals surface area contributed by atoms with Gasteiger partial charge in [-0.1, -0.05) is 26.8 Å². The number of ether oxygens (including phenoxy) is 3. The zero-order valence-corrected chi connectivity index (χ0v) is 31.4. The SMILES string of the molecule is C=C[C@@H]1C[C@]1(CC(=O)[C@@H]1C[C@@H]2CN1C(=O)[C@H](C(C)(C)C)CC(=O)OCCCCCc1cc(OC(F)(F)F)c3ccnc(c3c1)O2)C(=O)NS(=O)(=O)C1CC1. The molecule has 1 saturated heterocycles. The van der Waals surface area contributed by atoms with Gasteiger partial charge in [-0.25, -0.2) is 13.4 Å². The largest absolute Gasteiger partial charge is 0.573 e. The highest BCUT2D eigenvalue weighted by Gasteiger charge is 2.61. The molecule has 3 fully saturated rings. The highest BCUT2D eigenvalue weighted by atomic mass is 32.2. The first-order chi connectivity index (χ1) is 25.3. The smallest absolute Gasteiger partial charge is 0.472 e. The maximum Gasteiger partial charge on any atom is 0.573 e. The first-order valence-corrected chi connectivity index (χ1v) is 19.9. The summed E-state index contributed by atoms with van der Waals surface area (Å²) in [4.78, 5) is 61.2. The Morgan fingerprint density at radius 1 is 1.13 bits per heavy atom. The third-order valence-electron chi connectivity index (χ3n) is 10.9. The van der Waals surface area contributed by atoms with Gasteiger partial charge in [0.2, 0.25) is 27.7 Å². The fourth-order valence-electron chi connectivity index (χ4n) is 7.61. The van der Waals surface area contributed by atoms with Gasteiger partial charge < -0.3 is 19.1 Å². The van der Waals surface area contributed by atoms with Crippen LogP contribution in [-0.2, 0) is 40.4 Å². The molecule has 0 radical (unpaired) electrons. The number of halogens is 3. The molecule has 3 heterocycles. The van der Waals surface area contributed by atoms with Crippen LogP contribution in [0.25, 0.3) is 10.8 Å².